The predicted octanol–water partition coefficient (Wildman–Crippen LogP) is 5.23. The highest BCUT2D eigenvalue weighted by molar-refractivity contribution is 6.30. The number of para-hydroxylation sites is 1. The largest absolute Gasteiger partial charge is 0.351 e. The molecule has 3 aromatic rings. The lowest BCUT2D eigenvalue weighted by atomic mass is 9.94. The summed E-state index contributed by atoms with van der Waals surface area (Å²) in [7, 11) is 0. The zero-order valence-electron chi connectivity index (χ0n) is 14.0. The van der Waals surface area contributed by atoms with Crippen molar-refractivity contribution >= 4 is 28.4 Å². The molecule has 128 valence electrons. The Balaban J connectivity index is 1.57. The Bertz CT molecular complexity index is 851. The van der Waals surface area contributed by atoms with Gasteiger partial charge in [-0.2, -0.15) is 0 Å². The lowest BCUT2D eigenvalue weighted by Crippen LogP contribution is -2.34. The number of H-pyrrole nitrogens is 1. The lowest BCUT2D eigenvalue weighted by Gasteiger charge is -2.24. The molecular formula is C21H21ClN2O. The number of nitrogens with one attached hydrogen (secondary N) is 1. The van der Waals surface area contributed by atoms with E-state index >= 15 is 0 Å². The number of nitrogens with zero attached hydrogens (tertiary/aromatic N) is 1. The molecule has 4 rings (SSSR count). The Labute approximate surface area is 152 Å². The molecule has 1 atom stereocenters. The van der Waals surface area contributed by atoms with Gasteiger partial charge in [-0.1, -0.05) is 48.4 Å². The maximum absolute atomic E-state index is 13.0. The van der Waals surface area contributed by atoms with Crippen LogP contribution in [-0.2, 0) is 0 Å². The summed E-state index contributed by atoms with van der Waals surface area (Å²) in [6, 6.07) is 18.0. The van der Waals surface area contributed by atoms with E-state index in [0.717, 1.165) is 48.3 Å². The van der Waals surface area contributed by atoms with Crippen LogP contribution in [0.4, 0.5) is 0 Å². The summed E-state index contributed by atoms with van der Waals surface area (Å²) in [6.07, 6.45) is 3.30. The van der Waals surface area contributed by atoms with Crippen LogP contribution < -0.4 is 0 Å². The zero-order chi connectivity index (χ0) is 17.2. The number of carbonyl (C=O) groups is 1. The van der Waals surface area contributed by atoms with Gasteiger partial charge in [-0.3, -0.25) is 4.79 Å². The molecule has 4 heteroatoms. The average Bonchev–Trinajstić information content (AvgIpc) is 2.92. The summed E-state index contributed by atoms with van der Waals surface area (Å²) in [5.74, 6) is 0.463. The van der Waals surface area contributed by atoms with Crippen LogP contribution in [0.5, 0.6) is 0 Å². The van der Waals surface area contributed by atoms with E-state index in [9.17, 15) is 4.79 Å². The van der Waals surface area contributed by atoms with Crippen LogP contribution >= 0.6 is 11.6 Å². The highest BCUT2D eigenvalue weighted by Crippen LogP contribution is 2.28. The van der Waals surface area contributed by atoms with Gasteiger partial charge in [-0.05, 0) is 42.7 Å². The highest BCUT2D eigenvalue weighted by atomic mass is 35.5. The van der Waals surface area contributed by atoms with Crippen LogP contribution in [0.2, 0.25) is 5.02 Å². The maximum Gasteiger partial charge on any atom is 0.270 e. The van der Waals surface area contributed by atoms with Crippen molar-refractivity contribution in [1.29, 1.82) is 0 Å². The van der Waals surface area contributed by atoms with Gasteiger partial charge in [0.15, 0.2) is 0 Å². The molecule has 2 aromatic carbocycles. The van der Waals surface area contributed by atoms with E-state index in [2.05, 4.69) is 17.1 Å². The number of rotatable bonds is 2. The number of fused-ring (bicyclic) bond motifs is 1. The molecule has 1 aromatic heterocycles. The number of hydrogen-bond acceptors (Lipinski definition) is 1. The molecule has 0 radical (unpaired) electrons. The van der Waals surface area contributed by atoms with Crippen molar-refractivity contribution in [3.8, 4) is 0 Å². The van der Waals surface area contributed by atoms with E-state index in [-0.39, 0.29) is 5.91 Å². The molecular weight excluding hydrogens is 332 g/mol. The van der Waals surface area contributed by atoms with Crippen molar-refractivity contribution in [3.05, 3.63) is 70.9 Å². The average molecular weight is 353 g/mol. The molecule has 1 aliphatic rings. The van der Waals surface area contributed by atoms with E-state index in [4.69, 9.17) is 11.6 Å². The number of hydrogen-bond donors (Lipinski definition) is 1. The molecule has 2 heterocycles. The van der Waals surface area contributed by atoms with Gasteiger partial charge in [-0.25, -0.2) is 0 Å². The first-order valence-corrected chi connectivity index (χ1v) is 9.21. The summed E-state index contributed by atoms with van der Waals surface area (Å²) in [6.45, 7) is 1.58. The first-order chi connectivity index (χ1) is 12.2. The highest BCUT2D eigenvalue weighted by Gasteiger charge is 2.24. The molecule has 25 heavy (non-hydrogen) atoms. The normalized spacial score (nSPS) is 18.3. The van der Waals surface area contributed by atoms with Gasteiger partial charge in [0.05, 0.1) is 0 Å². The van der Waals surface area contributed by atoms with E-state index in [1.54, 1.807) is 0 Å². The first-order valence-electron chi connectivity index (χ1n) is 8.83. The minimum atomic E-state index is 0.0945. The van der Waals surface area contributed by atoms with Crippen molar-refractivity contribution < 1.29 is 4.79 Å². The number of carbonyl (C=O) groups excluding carboxylic acids is 1. The third kappa shape index (κ3) is 3.42. The van der Waals surface area contributed by atoms with E-state index < -0.39 is 0 Å². The van der Waals surface area contributed by atoms with Crippen LogP contribution in [0.1, 0.15) is 41.2 Å². The van der Waals surface area contributed by atoms with Crippen molar-refractivity contribution in [2.45, 2.75) is 25.2 Å². The quantitative estimate of drug-likeness (QED) is 0.673. The summed E-state index contributed by atoms with van der Waals surface area (Å²) in [5.41, 5.74) is 2.95. The van der Waals surface area contributed by atoms with Crippen molar-refractivity contribution in [1.82, 2.24) is 9.88 Å². The third-order valence-electron chi connectivity index (χ3n) is 5.06. The Morgan fingerprint density at radius 2 is 1.88 bits per heavy atom. The van der Waals surface area contributed by atoms with Crippen LogP contribution in [0, 0.1) is 0 Å². The monoisotopic (exact) mass is 352 g/mol. The van der Waals surface area contributed by atoms with Crippen LogP contribution in [0.15, 0.2) is 54.6 Å². The second kappa shape index (κ2) is 6.93. The number of aromatic amines is 1. The van der Waals surface area contributed by atoms with Gasteiger partial charge in [0, 0.05) is 34.9 Å². The van der Waals surface area contributed by atoms with E-state index in [1.807, 2.05) is 47.4 Å². The summed E-state index contributed by atoms with van der Waals surface area (Å²) < 4.78 is 0. The molecule has 0 saturated carbocycles. The van der Waals surface area contributed by atoms with Gasteiger partial charge in [0.1, 0.15) is 5.69 Å². The standard InChI is InChI=1S/C21H21ClN2O/c22-18-10-8-15(9-11-18)17-6-3-4-12-24(14-17)21(25)20-13-16-5-1-2-7-19(16)23-20/h1-2,5,7-11,13,17,23H,3-4,6,12,14H2. The summed E-state index contributed by atoms with van der Waals surface area (Å²) in [4.78, 5) is 18.3. The second-order valence-electron chi connectivity index (χ2n) is 6.77. The molecule has 3 nitrogen and oxygen atoms in total. The zero-order valence-corrected chi connectivity index (χ0v) is 14.8. The SMILES string of the molecule is O=C(c1cc2ccccc2[nH]1)N1CCCCC(c2ccc(Cl)cc2)C1. The van der Waals surface area contributed by atoms with Gasteiger partial charge in [0.2, 0.25) is 0 Å². The molecule has 0 spiro atoms. The number of likely N-dealkylation sites (tertiary alicyclic amines) is 1. The summed E-state index contributed by atoms with van der Waals surface area (Å²) in [5, 5.41) is 1.83. The molecule has 1 N–H and O–H groups in total. The Morgan fingerprint density at radius 1 is 1.08 bits per heavy atom. The van der Waals surface area contributed by atoms with Crippen LogP contribution in [0.3, 0.4) is 0 Å². The minimum absolute atomic E-state index is 0.0945. The topological polar surface area (TPSA) is 36.1 Å². The number of aromatic nitrogens is 1. The lowest BCUT2D eigenvalue weighted by molar-refractivity contribution is 0.0749. The van der Waals surface area contributed by atoms with Crippen LogP contribution in [-0.4, -0.2) is 28.9 Å². The van der Waals surface area contributed by atoms with Gasteiger partial charge in [0.25, 0.3) is 5.91 Å². The number of amides is 1. The Kier molecular flexibility index (Phi) is 4.50. The fourth-order valence-corrected chi connectivity index (χ4v) is 3.82. The van der Waals surface area contributed by atoms with Gasteiger partial charge < -0.3 is 9.88 Å². The Morgan fingerprint density at radius 3 is 2.68 bits per heavy atom. The fourth-order valence-electron chi connectivity index (χ4n) is 3.69. The molecule has 1 saturated heterocycles. The number of benzene rings is 2. The van der Waals surface area contributed by atoms with Gasteiger partial charge in [-0.15, -0.1) is 0 Å². The molecule has 1 aliphatic heterocycles. The number of halogens is 1. The molecule has 1 amide bonds. The first kappa shape index (κ1) is 16.2. The van der Waals surface area contributed by atoms with Gasteiger partial charge >= 0.3 is 0 Å². The molecule has 0 aliphatic carbocycles. The molecule has 1 fully saturated rings. The third-order valence-corrected chi connectivity index (χ3v) is 5.31. The van der Waals surface area contributed by atoms with E-state index in [1.165, 1.54) is 5.56 Å². The van der Waals surface area contributed by atoms with Crippen molar-refractivity contribution in [2.75, 3.05) is 13.1 Å². The molecule has 1 unspecified atom stereocenters. The minimum Gasteiger partial charge on any atom is -0.351 e. The maximum atomic E-state index is 13.0. The Hall–Kier alpha value is -2.26. The van der Waals surface area contributed by atoms with Crippen molar-refractivity contribution in [3.63, 3.8) is 0 Å². The second-order valence-corrected chi connectivity index (χ2v) is 7.20. The van der Waals surface area contributed by atoms with Crippen LogP contribution in [0.25, 0.3) is 10.9 Å². The smallest absolute Gasteiger partial charge is 0.270 e. The summed E-state index contributed by atoms with van der Waals surface area (Å²) >= 11 is 6.01. The fraction of sp³-hybridized carbons (Fsp3) is 0.286. The predicted molar refractivity (Wildman–Crippen MR) is 102 cm³/mol. The molecule has 0 bridgehead atoms. The van der Waals surface area contributed by atoms with E-state index in [0.29, 0.717) is 11.6 Å². The van der Waals surface area contributed by atoms with Crippen molar-refractivity contribution in [2.24, 2.45) is 0 Å².